The second-order valence-electron chi connectivity index (χ2n) is 8.25. The van der Waals surface area contributed by atoms with E-state index in [4.69, 9.17) is 14.2 Å². The molecule has 0 aliphatic carbocycles. The Hall–Kier alpha value is -3.81. The van der Waals surface area contributed by atoms with Crippen molar-refractivity contribution in [1.82, 2.24) is 15.1 Å². The first-order valence-corrected chi connectivity index (χ1v) is 11.0. The Morgan fingerprint density at radius 2 is 1.73 bits per heavy atom. The van der Waals surface area contributed by atoms with E-state index in [0.717, 1.165) is 39.9 Å². The molecule has 0 unspecified atom stereocenters. The molecule has 5 rings (SSSR count). The summed E-state index contributed by atoms with van der Waals surface area (Å²) in [5.41, 5.74) is 4.06. The number of piperazine rings is 1. The maximum Gasteiger partial charge on any atom is 0.260 e. The summed E-state index contributed by atoms with van der Waals surface area (Å²) < 4.78 is 16.5. The van der Waals surface area contributed by atoms with E-state index in [-0.39, 0.29) is 19.3 Å². The van der Waals surface area contributed by atoms with Gasteiger partial charge in [-0.1, -0.05) is 6.07 Å². The number of anilines is 1. The number of carbonyl (C=O) groups is 1. The summed E-state index contributed by atoms with van der Waals surface area (Å²) in [6, 6.07) is 15.5. The van der Waals surface area contributed by atoms with Crippen molar-refractivity contribution in [2.45, 2.75) is 13.8 Å². The SMILES string of the molecule is Cc1ccc(OCC(=O)N2CCN(c3ccc(-c4ccc5c(c4)OCO5)nn3)CC2)cc1C. The normalized spacial score (nSPS) is 15.0. The Kier molecular flexibility index (Phi) is 5.73. The molecule has 3 heterocycles. The Balaban J connectivity index is 1.14. The first-order valence-electron chi connectivity index (χ1n) is 11.0. The van der Waals surface area contributed by atoms with Crippen LogP contribution >= 0.6 is 0 Å². The molecule has 0 atom stereocenters. The lowest BCUT2D eigenvalue weighted by Crippen LogP contribution is -2.50. The van der Waals surface area contributed by atoms with E-state index in [9.17, 15) is 4.79 Å². The number of aromatic nitrogens is 2. The van der Waals surface area contributed by atoms with E-state index >= 15 is 0 Å². The lowest BCUT2D eigenvalue weighted by Gasteiger charge is -2.35. The minimum atomic E-state index is -0.00267. The van der Waals surface area contributed by atoms with Crippen molar-refractivity contribution < 1.29 is 19.0 Å². The maximum atomic E-state index is 12.6. The van der Waals surface area contributed by atoms with Crippen LogP contribution in [0.2, 0.25) is 0 Å². The number of benzene rings is 2. The van der Waals surface area contributed by atoms with Crippen molar-refractivity contribution >= 4 is 11.7 Å². The lowest BCUT2D eigenvalue weighted by molar-refractivity contribution is -0.133. The van der Waals surface area contributed by atoms with Gasteiger partial charge < -0.3 is 24.0 Å². The standard InChI is InChI=1S/C25H26N4O4/c1-17-3-5-20(13-18(17)2)31-15-25(30)29-11-9-28(10-12-29)24-8-6-21(26-27-24)19-4-7-22-23(14-19)33-16-32-22/h3-8,13-14H,9-12,15-16H2,1-2H3. The second kappa shape index (κ2) is 8.97. The number of ether oxygens (including phenoxy) is 3. The van der Waals surface area contributed by atoms with Gasteiger partial charge in [-0.25, -0.2) is 0 Å². The lowest BCUT2D eigenvalue weighted by atomic mass is 10.1. The summed E-state index contributed by atoms with van der Waals surface area (Å²) >= 11 is 0. The quantitative estimate of drug-likeness (QED) is 0.596. The molecule has 0 radical (unpaired) electrons. The van der Waals surface area contributed by atoms with Crippen molar-refractivity contribution in [3.8, 4) is 28.5 Å². The molecule has 8 heteroatoms. The molecule has 170 valence electrons. The highest BCUT2D eigenvalue weighted by atomic mass is 16.7. The van der Waals surface area contributed by atoms with Gasteiger partial charge in [-0.15, -0.1) is 10.2 Å². The van der Waals surface area contributed by atoms with Gasteiger partial charge in [0.15, 0.2) is 23.9 Å². The van der Waals surface area contributed by atoms with Gasteiger partial charge in [-0.2, -0.15) is 0 Å². The molecular weight excluding hydrogens is 420 g/mol. The summed E-state index contributed by atoms with van der Waals surface area (Å²) in [6.07, 6.45) is 0. The van der Waals surface area contributed by atoms with E-state index in [0.29, 0.717) is 26.2 Å². The number of rotatable bonds is 5. The van der Waals surface area contributed by atoms with Crippen molar-refractivity contribution in [2.75, 3.05) is 44.5 Å². The summed E-state index contributed by atoms with van der Waals surface area (Å²) in [5.74, 6) is 2.99. The molecule has 3 aromatic rings. The highest BCUT2D eigenvalue weighted by molar-refractivity contribution is 5.78. The fourth-order valence-corrected chi connectivity index (χ4v) is 3.93. The van der Waals surface area contributed by atoms with Crippen LogP contribution in [-0.2, 0) is 4.79 Å². The summed E-state index contributed by atoms with van der Waals surface area (Å²) in [5, 5.41) is 8.80. The number of aryl methyl sites for hydroxylation is 2. The van der Waals surface area contributed by atoms with E-state index in [2.05, 4.69) is 22.0 Å². The number of carbonyl (C=O) groups excluding carboxylic acids is 1. The third-order valence-corrected chi connectivity index (χ3v) is 6.12. The molecule has 2 aromatic carbocycles. The van der Waals surface area contributed by atoms with Crippen LogP contribution in [0.3, 0.4) is 0 Å². The predicted octanol–water partition coefficient (Wildman–Crippen LogP) is 3.22. The van der Waals surface area contributed by atoms with Crippen LogP contribution in [0.1, 0.15) is 11.1 Å². The first-order chi connectivity index (χ1) is 16.1. The predicted molar refractivity (Wildman–Crippen MR) is 124 cm³/mol. The Morgan fingerprint density at radius 3 is 2.48 bits per heavy atom. The fourth-order valence-electron chi connectivity index (χ4n) is 3.93. The molecule has 1 amide bonds. The van der Waals surface area contributed by atoms with Crippen molar-refractivity contribution in [3.63, 3.8) is 0 Å². The van der Waals surface area contributed by atoms with Crippen LogP contribution in [0, 0.1) is 13.8 Å². The van der Waals surface area contributed by atoms with Gasteiger partial charge >= 0.3 is 0 Å². The zero-order chi connectivity index (χ0) is 22.8. The highest BCUT2D eigenvalue weighted by Gasteiger charge is 2.23. The molecule has 1 fully saturated rings. The summed E-state index contributed by atoms with van der Waals surface area (Å²) in [7, 11) is 0. The molecule has 0 spiro atoms. The summed E-state index contributed by atoms with van der Waals surface area (Å²) in [6.45, 7) is 7.04. The fraction of sp³-hybridized carbons (Fsp3) is 0.320. The van der Waals surface area contributed by atoms with E-state index in [1.165, 1.54) is 5.56 Å². The average Bonchev–Trinajstić information content (AvgIpc) is 3.33. The number of amides is 1. The average molecular weight is 447 g/mol. The molecule has 0 bridgehead atoms. The molecule has 33 heavy (non-hydrogen) atoms. The first kappa shape index (κ1) is 21.1. The molecule has 1 saturated heterocycles. The third-order valence-electron chi connectivity index (χ3n) is 6.12. The molecule has 1 aromatic heterocycles. The Labute approximate surface area is 192 Å². The van der Waals surface area contributed by atoms with Crippen molar-refractivity contribution in [1.29, 1.82) is 0 Å². The van der Waals surface area contributed by atoms with Crippen LogP contribution in [0.4, 0.5) is 5.82 Å². The monoisotopic (exact) mass is 446 g/mol. The largest absolute Gasteiger partial charge is 0.484 e. The van der Waals surface area contributed by atoms with E-state index < -0.39 is 0 Å². The minimum Gasteiger partial charge on any atom is -0.484 e. The van der Waals surface area contributed by atoms with Crippen molar-refractivity contribution in [3.05, 3.63) is 59.7 Å². The van der Waals surface area contributed by atoms with Gasteiger partial charge in [0.2, 0.25) is 6.79 Å². The molecule has 2 aliphatic rings. The van der Waals surface area contributed by atoms with E-state index in [1.54, 1.807) is 0 Å². The molecule has 0 N–H and O–H groups in total. The zero-order valence-electron chi connectivity index (χ0n) is 18.8. The molecule has 8 nitrogen and oxygen atoms in total. The van der Waals surface area contributed by atoms with Crippen LogP contribution in [0.15, 0.2) is 48.5 Å². The van der Waals surface area contributed by atoms with Crippen LogP contribution in [0.5, 0.6) is 17.2 Å². The maximum absolute atomic E-state index is 12.6. The highest BCUT2D eigenvalue weighted by Crippen LogP contribution is 2.35. The molecular formula is C25H26N4O4. The van der Waals surface area contributed by atoms with Gasteiger partial charge in [0.25, 0.3) is 5.91 Å². The smallest absolute Gasteiger partial charge is 0.260 e. The Bertz CT molecular complexity index is 1160. The van der Waals surface area contributed by atoms with Gasteiger partial charge in [-0.3, -0.25) is 4.79 Å². The Morgan fingerprint density at radius 1 is 0.909 bits per heavy atom. The second-order valence-corrected chi connectivity index (χ2v) is 8.25. The third kappa shape index (κ3) is 4.55. The molecule has 2 aliphatic heterocycles. The van der Waals surface area contributed by atoms with Gasteiger partial charge in [0.1, 0.15) is 5.75 Å². The van der Waals surface area contributed by atoms with Gasteiger partial charge in [0, 0.05) is 31.7 Å². The van der Waals surface area contributed by atoms with Crippen LogP contribution < -0.4 is 19.1 Å². The van der Waals surface area contributed by atoms with Gasteiger partial charge in [0.05, 0.1) is 5.69 Å². The van der Waals surface area contributed by atoms with Crippen LogP contribution in [-0.4, -0.2) is 60.6 Å². The van der Waals surface area contributed by atoms with Crippen LogP contribution in [0.25, 0.3) is 11.3 Å². The summed E-state index contributed by atoms with van der Waals surface area (Å²) in [4.78, 5) is 16.6. The molecule has 0 saturated carbocycles. The van der Waals surface area contributed by atoms with Crippen molar-refractivity contribution in [2.24, 2.45) is 0 Å². The number of nitrogens with zero attached hydrogens (tertiary/aromatic N) is 4. The minimum absolute atomic E-state index is 0.00267. The number of hydrogen-bond acceptors (Lipinski definition) is 7. The zero-order valence-corrected chi connectivity index (χ0v) is 18.8. The van der Waals surface area contributed by atoms with Gasteiger partial charge in [-0.05, 0) is 67.4 Å². The number of hydrogen-bond donors (Lipinski definition) is 0. The topological polar surface area (TPSA) is 77.0 Å². The van der Waals surface area contributed by atoms with E-state index in [1.807, 2.05) is 60.4 Å². The number of fused-ring (bicyclic) bond motifs is 1.